The van der Waals surface area contributed by atoms with Gasteiger partial charge in [0.15, 0.2) is 0 Å². The molecule has 23 heavy (non-hydrogen) atoms. The van der Waals surface area contributed by atoms with Crippen LogP contribution in [-0.2, 0) is 13.5 Å². The summed E-state index contributed by atoms with van der Waals surface area (Å²) in [5.74, 6) is -1.02. The van der Waals surface area contributed by atoms with E-state index in [1.165, 1.54) is 16.7 Å². The third-order valence-electron chi connectivity index (χ3n) is 3.95. The highest BCUT2D eigenvalue weighted by atomic mass is 16.4. The second kappa shape index (κ2) is 5.61. The quantitative estimate of drug-likeness (QED) is 0.779. The zero-order chi connectivity index (χ0) is 16.6. The van der Waals surface area contributed by atoms with Crippen LogP contribution in [0.1, 0.15) is 21.5 Å². The fourth-order valence-electron chi connectivity index (χ4n) is 2.67. The van der Waals surface area contributed by atoms with Crippen LogP contribution >= 0.6 is 0 Å². The van der Waals surface area contributed by atoms with Crippen LogP contribution in [-0.4, -0.2) is 20.7 Å². The number of benzene rings is 2. The lowest BCUT2D eigenvalue weighted by Crippen LogP contribution is -2.21. The van der Waals surface area contributed by atoms with Crippen molar-refractivity contribution >= 4 is 16.9 Å². The van der Waals surface area contributed by atoms with Gasteiger partial charge in [0, 0.05) is 18.9 Å². The Bertz CT molecular complexity index is 955. The number of carboxylic acids is 1. The molecular formula is C18H15NO4. The minimum Gasteiger partial charge on any atom is -0.507 e. The van der Waals surface area contributed by atoms with Gasteiger partial charge in [0.1, 0.15) is 5.75 Å². The SMILES string of the molecule is Cn1c(=O)c(Cc2ccc(C(=O)O)cc2)c(O)c2ccccc21. The smallest absolute Gasteiger partial charge is 0.335 e. The number of para-hydroxylation sites is 1. The monoisotopic (exact) mass is 309 g/mol. The highest BCUT2D eigenvalue weighted by Gasteiger charge is 2.15. The third-order valence-corrected chi connectivity index (χ3v) is 3.95. The van der Waals surface area contributed by atoms with Crippen LogP contribution in [0.15, 0.2) is 53.3 Å². The fourth-order valence-corrected chi connectivity index (χ4v) is 2.67. The maximum atomic E-state index is 12.5. The average Bonchev–Trinajstić information content (AvgIpc) is 2.57. The van der Waals surface area contributed by atoms with Gasteiger partial charge in [-0.15, -0.1) is 0 Å². The zero-order valence-corrected chi connectivity index (χ0v) is 12.5. The summed E-state index contributed by atoms with van der Waals surface area (Å²) in [7, 11) is 1.67. The van der Waals surface area contributed by atoms with E-state index >= 15 is 0 Å². The number of fused-ring (bicyclic) bond motifs is 1. The maximum Gasteiger partial charge on any atom is 0.335 e. The molecule has 1 aromatic heterocycles. The number of carboxylic acid groups (broad SMARTS) is 1. The Morgan fingerprint density at radius 1 is 1.09 bits per heavy atom. The van der Waals surface area contributed by atoms with E-state index in [0.29, 0.717) is 16.5 Å². The van der Waals surface area contributed by atoms with Crippen LogP contribution in [0.25, 0.3) is 10.9 Å². The summed E-state index contributed by atoms with van der Waals surface area (Å²) in [4.78, 5) is 23.4. The molecule has 0 bridgehead atoms. The van der Waals surface area contributed by atoms with Crippen molar-refractivity contribution < 1.29 is 15.0 Å². The Balaban J connectivity index is 2.10. The molecule has 116 valence electrons. The van der Waals surface area contributed by atoms with Gasteiger partial charge in [-0.2, -0.15) is 0 Å². The lowest BCUT2D eigenvalue weighted by molar-refractivity contribution is 0.0697. The van der Waals surface area contributed by atoms with Gasteiger partial charge in [-0.1, -0.05) is 24.3 Å². The highest BCUT2D eigenvalue weighted by Crippen LogP contribution is 2.27. The second-order valence-corrected chi connectivity index (χ2v) is 5.39. The topological polar surface area (TPSA) is 79.5 Å². The Hall–Kier alpha value is -3.08. The number of nitrogens with zero attached hydrogens (tertiary/aromatic N) is 1. The van der Waals surface area contributed by atoms with Gasteiger partial charge in [-0.05, 0) is 29.8 Å². The number of carbonyl (C=O) groups is 1. The number of aromatic hydroxyl groups is 1. The molecule has 0 aliphatic carbocycles. The molecule has 3 rings (SSSR count). The van der Waals surface area contributed by atoms with Gasteiger partial charge in [-0.25, -0.2) is 4.79 Å². The van der Waals surface area contributed by atoms with Crippen molar-refractivity contribution in [1.82, 2.24) is 4.57 Å². The van der Waals surface area contributed by atoms with E-state index < -0.39 is 5.97 Å². The lowest BCUT2D eigenvalue weighted by Gasteiger charge is -2.12. The zero-order valence-electron chi connectivity index (χ0n) is 12.5. The Morgan fingerprint density at radius 2 is 1.74 bits per heavy atom. The summed E-state index contributed by atoms with van der Waals surface area (Å²) in [6.07, 6.45) is 0.239. The first-order valence-electron chi connectivity index (χ1n) is 7.11. The van der Waals surface area contributed by atoms with Gasteiger partial charge >= 0.3 is 5.97 Å². The van der Waals surface area contributed by atoms with E-state index in [1.54, 1.807) is 37.4 Å². The van der Waals surface area contributed by atoms with E-state index in [-0.39, 0.29) is 23.3 Å². The predicted molar refractivity (Wildman–Crippen MR) is 87.1 cm³/mol. The van der Waals surface area contributed by atoms with Gasteiger partial charge in [0.2, 0.25) is 0 Å². The summed E-state index contributed by atoms with van der Waals surface area (Å²) < 4.78 is 1.51. The van der Waals surface area contributed by atoms with Crippen molar-refractivity contribution in [3.8, 4) is 5.75 Å². The summed E-state index contributed by atoms with van der Waals surface area (Å²) in [6, 6.07) is 13.4. The van der Waals surface area contributed by atoms with Crippen molar-refractivity contribution in [3.05, 3.63) is 75.6 Å². The summed E-state index contributed by atoms with van der Waals surface area (Å²) in [6.45, 7) is 0. The van der Waals surface area contributed by atoms with Crippen molar-refractivity contribution in [2.75, 3.05) is 0 Å². The van der Waals surface area contributed by atoms with E-state index in [2.05, 4.69) is 0 Å². The van der Waals surface area contributed by atoms with E-state index in [0.717, 1.165) is 5.56 Å². The first-order valence-corrected chi connectivity index (χ1v) is 7.11. The Morgan fingerprint density at radius 3 is 2.39 bits per heavy atom. The molecule has 3 aromatic rings. The molecule has 0 spiro atoms. The molecule has 2 N–H and O–H groups in total. The van der Waals surface area contributed by atoms with E-state index in [1.807, 2.05) is 6.07 Å². The van der Waals surface area contributed by atoms with Gasteiger partial charge in [0.05, 0.1) is 16.6 Å². The molecule has 0 radical (unpaired) electrons. The third kappa shape index (κ3) is 2.57. The van der Waals surface area contributed by atoms with Crippen LogP contribution in [0.4, 0.5) is 0 Å². The van der Waals surface area contributed by atoms with Gasteiger partial charge in [-0.3, -0.25) is 4.79 Å². The molecule has 0 amide bonds. The number of rotatable bonds is 3. The van der Waals surface area contributed by atoms with Crippen molar-refractivity contribution in [3.63, 3.8) is 0 Å². The van der Waals surface area contributed by atoms with Crippen molar-refractivity contribution in [1.29, 1.82) is 0 Å². The summed E-state index contributed by atoms with van der Waals surface area (Å²) in [5.41, 5.74) is 1.65. The number of hydrogen-bond donors (Lipinski definition) is 2. The summed E-state index contributed by atoms with van der Waals surface area (Å²) in [5, 5.41) is 20.0. The molecule has 5 nitrogen and oxygen atoms in total. The molecule has 0 aliphatic heterocycles. The molecule has 0 aliphatic rings. The van der Waals surface area contributed by atoms with Crippen LogP contribution < -0.4 is 5.56 Å². The minimum atomic E-state index is -0.999. The summed E-state index contributed by atoms with van der Waals surface area (Å²) >= 11 is 0. The largest absolute Gasteiger partial charge is 0.507 e. The number of pyridine rings is 1. The van der Waals surface area contributed by atoms with Crippen LogP contribution in [0.2, 0.25) is 0 Å². The molecule has 0 fully saturated rings. The van der Waals surface area contributed by atoms with E-state index in [4.69, 9.17) is 5.11 Å². The van der Waals surface area contributed by atoms with Crippen LogP contribution in [0.5, 0.6) is 5.75 Å². The highest BCUT2D eigenvalue weighted by molar-refractivity contribution is 5.88. The predicted octanol–water partition coefficient (Wildman–Crippen LogP) is 2.53. The van der Waals surface area contributed by atoms with Crippen molar-refractivity contribution in [2.45, 2.75) is 6.42 Å². The minimum absolute atomic E-state index is 0.0222. The second-order valence-electron chi connectivity index (χ2n) is 5.39. The number of aromatic carboxylic acids is 1. The molecule has 0 saturated heterocycles. The molecule has 0 unspecified atom stereocenters. The Kier molecular flexibility index (Phi) is 3.62. The molecule has 5 heteroatoms. The number of hydrogen-bond acceptors (Lipinski definition) is 3. The molecule has 2 aromatic carbocycles. The normalized spacial score (nSPS) is 10.8. The van der Waals surface area contributed by atoms with Crippen LogP contribution in [0, 0.1) is 0 Å². The first kappa shape index (κ1) is 14.8. The molecule has 0 saturated carbocycles. The molecular weight excluding hydrogens is 294 g/mol. The van der Waals surface area contributed by atoms with Gasteiger partial charge in [0.25, 0.3) is 5.56 Å². The average molecular weight is 309 g/mol. The standard InChI is InChI=1S/C18H15NO4/c1-19-15-5-3-2-4-13(15)16(20)14(17(19)21)10-11-6-8-12(9-7-11)18(22)23/h2-9,20H,10H2,1H3,(H,22,23). The first-order chi connectivity index (χ1) is 11.0. The molecule has 1 heterocycles. The Labute approximate surface area is 132 Å². The number of aryl methyl sites for hydroxylation is 1. The molecule has 0 atom stereocenters. The lowest BCUT2D eigenvalue weighted by atomic mass is 10.0. The maximum absolute atomic E-state index is 12.5. The van der Waals surface area contributed by atoms with Gasteiger partial charge < -0.3 is 14.8 Å². The fraction of sp³-hybridized carbons (Fsp3) is 0.111. The van der Waals surface area contributed by atoms with E-state index in [9.17, 15) is 14.7 Å². The van der Waals surface area contributed by atoms with Crippen LogP contribution in [0.3, 0.4) is 0 Å². The number of aromatic nitrogens is 1. The van der Waals surface area contributed by atoms with Crippen molar-refractivity contribution in [2.24, 2.45) is 7.05 Å².